The molecule has 0 spiro atoms. The van der Waals surface area contributed by atoms with Gasteiger partial charge in [0.25, 0.3) is 11.8 Å². The molecule has 0 bridgehead atoms. The molecule has 0 fully saturated rings. The van der Waals surface area contributed by atoms with Crippen LogP contribution in [0.4, 0.5) is 22.7 Å². The molecule has 4 aromatic carbocycles. The Hall–Kier alpha value is -3.30. The van der Waals surface area contributed by atoms with Crippen LogP contribution in [0.1, 0.15) is 20.7 Å². The van der Waals surface area contributed by atoms with Gasteiger partial charge in [0.15, 0.2) is 0 Å². The van der Waals surface area contributed by atoms with Crippen molar-refractivity contribution in [1.82, 2.24) is 0 Å². The lowest BCUT2D eigenvalue weighted by Crippen LogP contribution is -2.13. The Morgan fingerprint density at radius 1 is 0.528 bits per heavy atom. The van der Waals surface area contributed by atoms with Gasteiger partial charge in [-0.15, -0.1) is 24.8 Å². The minimum Gasteiger partial charge on any atom is -0.399 e. The summed E-state index contributed by atoms with van der Waals surface area (Å²) in [5.74, 6) is -0.439. The van der Waals surface area contributed by atoms with Gasteiger partial charge in [-0.3, -0.25) is 9.59 Å². The highest BCUT2D eigenvalue weighted by Gasteiger charge is 2.16. The lowest BCUT2D eigenvalue weighted by Gasteiger charge is -2.12. The van der Waals surface area contributed by atoms with Crippen molar-refractivity contribution in [2.24, 2.45) is 0 Å². The zero-order valence-electron chi connectivity index (χ0n) is 18.8. The second kappa shape index (κ2) is 13.7. The first-order valence-corrected chi connectivity index (χ1v) is 12.5. The highest BCUT2D eigenvalue weighted by molar-refractivity contribution is 8.76. The first kappa shape index (κ1) is 28.9. The molecule has 0 unspecified atom stereocenters. The molecule has 36 heavy (non-hydrogen) atoms. The van der Waals surface area contributed by atoms with Gasteiger partial charge < -0.3 is 22.1 Å². The maximum Gasteiger partial charge on any atom is 0.256 e. The molecule has 0 aliphatic rings. The highest BCUT2D eigenvalue weighted by atomic mass is 35.5. The van der Waals surface area contributed by atoms with Crippen molar-refractivity contribution in [2.45, 2.75) is 9.79 Å². The van der Waals surface area contributed by atoms with Crippen LogP contribution in [-0.4, -0.2) is 11.8 Å². The first-order chi connectivity index (χ1) is 16.5. The summed E-state index contributed by atoms with van der Waals surface area (Å²) in [6.45, 7) is 0. The van der Waals surface area contributed by atoms with Gasteiger partial charge in [-0.1, -0.05) is 45.9 Å². The van der Waals surface area contributed by atoms with E-state index in [9.17, 15) is 9.59 Å². The summed E-state index contributed by atoms with van der Waals surface area (Å²) in [6.07, 6.45) is 0. The number of rotatable bonds is 7. The van der Waals surface area contributed by atoms with E-state index in [-0.39, 0.29) is 36.6 Å². The van der Waals surface area contributed by atoms with Crippen LogP contribution in [0.5, 0.6) is 0 Å². The van der Waals surface area contributed by atoms with E-state index < -0.39 is 0 Å². The number of hydrogen-bond donors (Lipinski definition) is 4. The summed E-state index contributed by atoms with van der Waals surface area (Å²) < 4.78 is 0. The average molecular weight is 560 g/mol. The van der Waals surface area contributed by atoms with Crippen LogP contribution < -0.4 is 22.1 Å². The molecule has 2 amide bonds. The second-order valence-corrected chi connectivity index (χ2v) is 9.52. The second-order valence-electron chi connectivity index (χ2n) is 7.31. The lowest BCUT2D eigenvalue weighted by atomic mass is 10.2. The summed E-state index contributed by atoms with van der Waals surface area (Å²) >= 11 is 0. The van der Waals surface area contributed by atoms with E-state index >= 15 is 0 Å². The fraction of sp³-hybridized carbons (Fsp3) is 0. The molecule has 0 radical (unpaired) electrons. The maximum atomic E-state index is 12.9. The molecule has 4 aromatic rings. The number of nitrogen functional groups attached to an aromatic ring is 2. The van der Waals surface area contributed by atoms with Crippen LogP contribution in [-0.2, 0) is 0 Å². The van der Waals surface area contributed by atoms with Crippen molar-refractivity contribution in [1.29, 1.82) is 0 Å². The Labute approximate surface area is 229 Å². The number of nitrogens with two attached hydrogens (primary N) is 2. The number of benzene rings is 4. The summed E-state index contributed by atoms with van der Waals surface area (Å²) in [5, 5.41) is 5.79. The van der Waals surface area contributed by atoms with Crippen LogP contribution in [0.25, 0.3) is 0 Å². The standard InChI is InChI=1S/C26H22N4O2S2.2ClH/c27-17-9-13-19(14-10-17)29-25(31)21-5-1-3-7-23(21)33-34-24-8-4-2-6-22(24)26(32)30-20-15-11-18(28)12-16-20;;/h1-16H,27-28H2,(H,29,31)(H,30,32);2*1H. The largest absolute Gasteiger partial charge is 0.399 e. The monoisotopic (exact) mass is 558 g/mol. The zero-order valence-corrected chi connectivity index (χ0v) is 22.1. The minimum absolute atomic E-state index is 0. The molecule has 0 aliphatic heterocycles. The van der Waals surface area contributed by atoms with Crippen LogP contribution in [0.2, 0.25) is 0 Å². The molecule has 0 aromatic heterocycles. The number of amides is 2. The fourth-order valence-electron chi connectivity index (χ4n) is 3.07. The molecular formula is C26H24Cl2N4O2S2. The topological polar surface area (TPSA) is 110 Å². The molecule has 6 nitrogen and oxygen atoms in total. The van der Waals surface area contributed by atoms with Gasteiger partial charge in [0.1, 0.15) is 0 Å². The van der Waals surface area contributed by atoms with Gasteiger partial charge in [0.2, 0.25) is 0 Å². The zero-order chi connectivity index (χ0) is 23.9. The fourth-order valence-corrected chi connectivity index (χ4v) is 5.43. The van der Waals surface area contributed by atoms with E-state index in [1.54, 1.807) is 60.7 Å². The van der Waals surface area contributed by atoms with Gasteiger partial charge in [-0.2, -0.15) is 0 Å². The quantitative estimate of drug-likeness (QED) is 0.143. The van der Waals surface area contributed by atoms with E-state index in [1.807, 2.05) is 36.4 Å². The van der Waals surface area contributed by atoms with E-state index in [0.29, 0.717) is 33.9 Å². The van der Waals surface area contributed by atoms with Crippen molar-refractivity contribution in [3.05, 3.63) is 108 Å². The smallest absolute Gasteiger partial charge is 0.256 e. The van der Waals surface area contributed by atoms with Crippen LogP contribution >= 0.6 is 46.4 Å². The molecule has 4 rings (SSSR count). The van der Waals surface area contributed by atoms with Gasteiger partial charge in [0, 0.05) is 32.5 Å². The van der Waals surface area contributed by atoms with Crippen molar-refractivity contribution in [3.63, 3.8) is 0 Å². The normalized spacial score (nSPS) is 9.89. The van der Waals surface area contributed by atoms with Gasteiger partial charge in [-0.25, -0.2) is 0 Å². The maximum absolute atomic E-state index is 12.9. The Kier molecular flexibility index (Phi) is 11.0. The molecule has 10 heteroatoms. The van der Waals surface area contributed by atoms with Gasteiger partial charge in [-0.05, 0) is 72.8 Å². The summed E-state index contributed by atoms with van der Waals surface area (Å²) in [6, 6.07) is 28.7. The van der Waals surface area contributed by atoms with Gasteiger partial charge >= 0.3 is 0 Å². The number of carbonyl (C=O) groups excluding carboxylic acids is 2. The van der Waals surface area contributed by atoms with E-state index in [0.717, 1.165) is 9.79 Å². The van der Waals surface area contributed by atoms with E-state index in [4.69, 9.17) is 11.5 Å². The van der Waals surface area contributed by atoms with Crippen molar-refractivity contribution in [2.75, 3.05) is 22.1 Å². The van der Waals surface area contributed by atoms with E-state index in [2.05, 4.69) is 10.6 Å². The van der Waals surface area contributed by atoms with Crippen molar-refractivity contribution < 1.29 is 9.59 Å². The highest BCUT2D eigenvalue weighted by Crippen LogP contribution is 2.40. The summed E-state index contributed by atoms with van der Waals surface area (Å²) in [5.41, 5.74) is 15.1. The summed E-state index contributed by atoms with van der Waals surface area (Å²) in [7, 11) is 2.84. The lowest BCUT2D eigenvalue weighted by molar-refractivity contribution is 0.101. The number of nitrogens with one attached hydrogen (secondary N) is 2. The average Bonchev–Trinajstić information content (AvgIpc) is 2.86. The number of anilines is 4. The number of carbonyl (C=O) groups is 2. The van der Waals surface area contributed by atoms with Crippen LogP contribution in [0.15, 0.2) is 107 Å². The Morgan fingerprint density at radius 2 is 0.861 bits per heavy atom. The molecule has 0 atom stereocenters. The molecule has 0 saturated carbocycles. The van der Waals surface area contributed by atoms with Crippen molar-refractivity contribution >= 4 is 81.0 Å². The SMILES string of the molecule is Cl.Cl.Nc1ccc(NC(=O)c2ccccc2SSc2ccccc2C(=O)Nc2ccc(N)cc2)cc1. The summed E-state index contributed by atoms with van der Waals surface area (Å²) in [4.78, 5) is 27.4. The molecule has 0 saturated heterocycles. The van der Waals surface area contributed by atoms with E-state index in [1.165, 1.54) is 21.6 Å². The molecule has 6 N–H and O–H groups in total. The van der Waals surface area contributed by atoms with Crippen LogP contribution in [0.3, 0.4) is 0 Å². The molecule has 186 valence electrons. The Bertz CT molecular complexity index is 1220. The molecule has 0 heterocycles. The minimum atomic E-state index is -0.220. The molecule has 0 aliphatic carbocycles. The predicted molar refractivity (Wildman–Crippen MR) is 157 cm³/mol. The third kappa shape index (κ3) is 7.60. The van der Waals surface area contributed by atoms with Crippen molar-refractivity contribution in [3.8, 4) is 0 Å². The Morgan fingerprint density at radius 3 is 1.22 bits per heavy atom. The number of hydrogen-bond acceptors (Lipinski definition) is 6. The number of halogens is 2. The predicted octanol–water partition coefficient (Wildman–Crippen LogP) is 7.00. The molecular weight excluding hydrogens is 535 g/mol. The first-order valence-electron chi connectivity index (χ1n) is 10.4. The third-order valence-electron chi connectivity index (χ3n) is 4.82. The Balaban J connectivity index is 0.00000228. The van der Waals surface area contributed by atoms with Gasteiger partial charge in [0.05, 0.1) is 11.1 Å². The van der Waals surface area contributed by atoms with Crippen LogP contribution in [0, 0.1) is 0 Å². The third-order valence-corrected chi connectivity index (χ3v) is 7.30.